The van der Waals surface area contributed by atoms with Crippen LogP contribution in [0.15, 0.2) is 54.7 Å². The summed E-state index contributed by atoms with van der Waals surface area (Å²) in [6.45, 7) is 1.90. The molecule has 0 aliphatic carbocycles. The Labute approximate surface area is 122 Å². The molecule has 0 fully saturated rings. The normalized spacial score (nSPS) is 12.4. The van der Waals surface area contributed by atoms with E-state index in [0.29, 0.717) is 0 Å². The summed E-state index contributed by atoms with van der Waals surface area (Å²) in [4.78, 5) is 14.1. The number of aromatic amines is 1. The van der Waals surface area contributed by atoms with Gasteiger partial charge in [-0.25, -0.2) is 0 Å². The van der Waals surface area contributed by atoms with Gasteiger partial charge in [-0.1, -0.05) is 48.0 Å². The lowest BCUT2D eigenvalue weighted by Gasteiger charge is -2.13. The molecule has 3 aromatic rings. The average Bonchev–Trinajstić information content (AvgIpc) is 2.88. The number of hydrogen-bond acceptors (Lipinski definition) is 2. The van der Waals surface area contributed by atoms with Crippen molar-refractivity contribution in [3.63, 3.8) is 0 Å². The van der Waals surface area contributed by atoms with Crippen LogP contribution in [0.4, 0.5) is 0 Å². The van der Waals surface area contributed by atoms with Crippen molar-refractivity contribution in [1.82, 2.24) is 4.98 Å². The lowest BCUT2D eigenvalue weighted by atomic mass is 9.90. The highest BCUT2D eigenvalue weighted by molar-refractivity contribution is 5.84. The van der Waals surface area contributed by atoms with Crippen molar-refractivity contribution in [1.29, 1.82) is 0 Å². The molecule has 0 unspecified atom stereocenters. The maximum Gasteiger partial charge on any atom is 0.214 e. The number of nitrogens with zero attached hydrogens (tertiary/aromatic N) is 1. The van der Waals surface area contributed by atoms with E-state index in [1.165, 1.54) is 0 Å². The molecule has 0 aliphatic heterocycles. The summed E-state index contributed by atoms with van der Waals surface area (Å²) in [5.74, 6) is -0.240. The Kier molecular flexibility index (Phi) is 3.44. The first-order chi connectivity index (χ1) is 10.1. The first-order valence-electron chi connectivity index (χ1n) is 6.89. The SMILES string of the molecule is Cc1cccc([C@@H](C[N+](=O)[O-])c2c[nH]c3ccccc23)c1. The van der Waals surface area contributed by atoms with Gasteiger partial charge in [-0.15, -0.1) is 0 Å². The molecule has 0 bridgehead atoms. The number of aromatic nitrogens is 1. The maximum absolute atomic E-state index is 11.1. The molecule has 0 spiro atoms. The first kappa shape index (κ1) is 13.4. The fourth-order valence-corrected chi connectivity index (χ4v) is 2.80. The van der Waals surface area contributed by atoms with Gasteiger partial charge in [0, 0.05) is 22.0 Å². The Morgan fingerprint density at radius 3 is 2.76 bits per heavy atom. The van der Waals surface area contributed by atoms with Gasteiger partial charge in [-0.2, -0.15) is 0 Å². The monoisotopic (exact) mass is 280 g/mol. The quantitative estimate of drug-likeness (QED) is 0.582. The summed E-state index contributed by atoms with van der Waals surface area (Å²) >= 11 is 0. The zero-order chi connectivity index (χ0) is 14.8. The number of H-pyrrole nitrogens is 1. The van der Waals surface area contributed by atoms with E-state index in [9.17, 15) is 10.1 Å². The maximum atomic E-state index is 11.1. The van der Waals surface area contributed by atoms with E-state index in [1.54, 1.807) is 0 Å². The predicted molar refractivity (Wildman–Crippen MR) is 83.2 cm³/mol. The van der Waals surface area contributed by atoms with E-state index in [0.717, 1.165) is 27.6 Å². The van der Waals surface area contributed by atoms with Gasteiger partial charge >= 0.3 is 0 Å². The van der Waals surface area contributed by atoms with Crippen LogP contribution in [0.25, 0.3) is 10.9 Å². The average molecular weight is 280 g/mol. The molecular weight excluding hydrogens is 264 g/mol. The lowest BCUT2D eigenvalue weighted by molar-refractivity contribution is -0.481. The topological polar surface area (TPSA) is 58.9 Å². The zero-order valence-electron chi connectivity index (χ0n) is 11.7. The molecule has 0 saturated carbocycles. The van der Waals surface area contributed by atoms with Crippen molar-refractivity contribution in [3.05, 3.63) is 81.5 Å². The Balaban J connectivity index is 2.13. The molecule has 0 amide bonds. The number of aryl methyl sites for hydroxylation is 1. The van der Waals surface area contributed by atoms with Gasteiger partial charge in [0.2, 0.25) is 6.54 Å². The van der Waals surface area contributed by atoms with E-state index >= 15 is 0 Å². The van der Waals surface area contributed by atoms with Gasteiger partial charge in [-0.05, 0) is 24.1 Å². The van der Waals surface area contributed by atoms with Crippen LogP contribution >= 0.6 is 0 Å². The summed E-state index contributed by atoms with van der Waals surface area (Å²) in [6.07, 6.45) is 1.89. The van der Waals surface area contributed by atoms with Crippen molar-refractivity contribution < 1.29 is 4.92 Å². The van der Waals surface area contributed by atoms with E-state index in [2.05, 4.69) is 4.98 Å². The number of fused-ring (bicyclic) bond motifs is 1. The Morgan fingerprint density at radius 2 is 2.00 bits per heavy atom. The van der Waals surface area contributed by atoms with Gasteiger partial charge in [-0.3, -0.25) is 10.1 Å². The third kappa shape index (κ3) is 2.65. The van der Waals surface area contributed by atoms with E-state index in [4.69, 9.17) is 0 Å². The summed E-state index contributed by atoms with van der Waals surface area (Å²) in [7, 11) is 0. The van der Waals surface area contributed by atoms with Gasteiger partial charge in [0.15, 0.2) is 0 Å². The molecule has 1 aromatic heterocycles. The summed E-state index contributed by atoms with van der Waals surface area (Å²) in [5, 5.41) is 12.1. The van der Waals surface area contributed by atoms with Crippen LogP contribution < -0.4 is 0 Å². The molecule has 0 saturated heterocycles. The Hall–Kier alpha value is -2.62. The largest absolute Gasteiger partial charge is 0.361 e. The molecule has 1 N–H and O–H groups in total. The highest BCUT2D eigenvalue weighted by Gasteiger charge is 2.23. The van der Waals surface area contributed by atoms with Crippen LogP contribution in [-0.4, -0.2) is 16.5 Å². The van der Waals surface area contributed by atoms with E-state index in [-0.39, 0.29) is 17.4 Å². The van der Waals surface area contributed by atoms with Crippen LogP contribution in [0.2, 0.25) is 0 Å². The second-order valence-electron chi connectivity index (χ2n) is 5.27. The molecule has 1 atom stereocenters. The molecule has 1 heterocycles. The van der Waals surface area contributed by atoms with Crippen LogP contribution in [0.1, 0.15) is 22.6 Å². The smallest absolute Gasteiger partial charge is 0.214 e. The van der Waals surface area contributed by atoms with Crippen molar-refractivity contribution in [2.75, 3.05) is 6.54 Å². The van der Waals surface area contributed by atoms with Crippen LogP contribution in [0, 0.1) is 17.0 Å². The summed E-state index contributed by atoms with van der Waals surface area (Å²) in [5.41, 5.74) is 4.08. The Bertz CT molecular complexity index is 792. The second kappa shape index (κ2) is 5.40. The van der Waals surface area contributed by atoms with Crippen LogP contribution in [-0.2, 0) is 0 Å². The number of benzene rings is 2. The Morgan fingerprint density at radius 1 is 1.19 bits per heavy atom. The minimum Gasteiger partial charge on any atom is -0.361 e. The third-order valence-corrected chi connectivity index (χ3v) is 3.77. The van der Waals surface area contributed by atoms with Crippen molar-refractivity contribution in [2.24, 2.45) is 0 Å². The molecule has 3 rings (SSSR count). The third-order valence-electron chi connectivity index (χ3n) is 3.77. The second-order valence-corrected chi connectivity index (χ2v) is 5.27. The molecule has 0 aliphatic rings. The summed E-state index contributed by atoms with van der Waals surface area (Å²) in [6, 6.07) is 15.8. The van der Waals surface area contributed by atoms with Gasteiger partial charge in [0.25, 0.3) is 0 Å². The molecule has 0 radical (unpaired) electrons. The van der Waals surface area contributed by atoms with Crippen LogP contribution in [0.3, 0.4) is 0 Å². The highest BCUT2D eigenvalue weighted by atomic mass is 16.6. The number of nitro groups is 1. The first-order valence-corrected chi connectivity index (χ1v) is 6.89. The standard InChI is InChI=1S/C17H16N2O2/c1-12-5-4-6-13(9-12)16(11-19(20)21)15-10-18-17-8-3-2-7-14(15)17/h2-10,16,18H,11H2,1H3/t16-/m1/s1. The molecule has 106 valence electrons. The molecule has 4 nitrogen and oxygen atoms in total. The molecule has 4 heteroatoms. The number of nitrogens with one attached hydrogen (secondary N) is 1. The highest BCUT2D eigenvalue weighted by Crippen LogP contribution is 2.31. The zero-order valence-corrected chi connectivity index (χ0v) is 11.7. The van der Waals surface area contributed by atoms with Crippen molar-refractivity contribution in [3.8, 4) is 0 Å². The molecule has 2 aromatic carbocycles. The predicted octanol–water partition coefficient (Wildman–Crippen LogP) is 3.88. The number of para-hydroxylation sites is 1. The minimum atomic E-state index is -0.241. The van der Waals surface area contributed by atoms with Crippen LogP contribution in [0.5, 0.6) is 0 Å². The molecule has 21 heavy (non-hydrogen) atoms. The number of rotatable bonds is 4. The van der Waals surface area contributed by atoms with Crippen molar-refractivity contribution >= 4 is 10.9 Å². The van der Waals surface area contributed by atoms with Gasteiger partial charge in [0.1, 0.15) is 0 Å². The lowest BCUT2D eigenvalue weighted by Crippen LogP contribution is -2.13. The van der Waals surface area contributed by atoms with Crippen molar-refractivity contribution in [2.45, 2.75) is 12.8 Å². The van der Waals surface area contributed by atoms with E-state index < -0.39 is 0 Å². The van der Waals surface area contributed by atoms with Gasteiger partial charge in [0.05, 0.1) is 5.92 Å². The van der Waals surface area contributed by atoms with E-state index in [1.807, 2.05) is 61.7 Å². The number of hydrogen-bond donors (Lipinski definition) is 1. The fourth-order valence-electron chi connectivity index (χ4n) is 2.80. The minimum absolute atomic E-state index is 0.106. The summed E-state index contributed by atoms with van der Waals surface area (Å²) < 4.78 is 0. The molecular formula is C17H16N2O2. The fraction of sp³-hybridized carbons (Fsp3) is 0.176. The van der Waals surface area contributed by atoms with Gasteiger partial charge < -0.3 is 4.98 Å².